The SMILES string of the molecule is CN1C(=O)C=C(C#Cc2ccccc2)C1=O. The van der Waals surface area contributed by atoms with Crippen molar-refractivity contribution in [3.05, 3.63) is 47.5 Å². The molecular weight excluding hydrogens is 202 g/mol. The maximum atomic E-state index is 11.5. The zero-order chi connectivity index (χ0) is 11.5. The summed E-state index contributed by atoms with van der Waals surface area (Å²) < 4.78 is 0. The maximum Gasteiger partial charge on any atom is 0.269 e. The molecule has 0 N–H and O–H groups in total. The van der Waals surface area contributed by atoms with Gasteiger partial charge in [0.15, 0.2) is 0 Å². The molecule has 3 heteroatoms. The van der Waals surface area contributed by atoms with Gasteiger partial charge in [-0.25, -0.2) is 0 Å². The second kappa shape index (κ2) is 4.03. The van der Waals surface area contributed by atoms with Crippen LogP contribution in [0.2, 0.25) is 0 Å². The van der Waals surface area contributed by atoms with Gasteiger partial charge in [0.1, 0.15) is 0 Å². The van der Waals surface area contributed by atoms with Gasteiger partial charge < -0.3 is 0 Å². The van der Waals surface area contributed by atoms with Crippen LogP contribution in [0.15, 0.2) is 42.0 Å². The Morgan fingerprint density at radius 2 is 1.75 bits per heavy atom. The van der Waals surface area contributed by atoms with Crippen molar-refractivity contribution in [1.29, 1.82) is 0 Å². The predicted molar refractivity (Wildman–Crippen MR) is 59.2 cm³/mol. The van der Waals surface area contributed by atoms with Crippen molar-refractivity contribution in [2.45, 2.75) is 0 Å². The van der Waals surface area contributed by atoms with Gasteiger partial charge in [-0.15, -0.1) is 0 Å². The molecule has 78 valence electrons. The van der Waals surface area contributed by atoms with Crippen LogP contribution in [0, 0.1) is 11.8 Å². The minimum atomic E-state index is -0.339. The van der Waals surface area contributed by atoms with Crippen LogP contribution < -0.4 is 0 Å². The summed E-state index contributed by atoms with van der Waals surface area (Å²) >= 11 is 0. The van der Waals surface area contributed by atoms with E-state index in [1.165, 1.54) is 13.1 Å². The molecule has 0 spiro atoms. The number of benzene rings is 1. The number of rotatable bonds is 0. The molecule has 0 aromatic heterocycles. The summed E-state index contributed by atoms with van der Waals surface area (Å²) in [7, 11) is 1.44. The van der Waals surface area contributed by atoms with Crippen molar-refractivity contribution in [2.75, 3.05) is 7.05 Å². The number of nitrogens with zero attached hydrogens (tertiary/aromatic N) is 1. The molecule has 0 radical (unpaired) electrons. The molecule has 0 saturated heterocycles. The average Bonchev–Trinajstić information content (AvgIpc) is 2.56. The minimum absolute atomic E-state index is 0.247. The van der Waals surface area contributed by atoms with Crippen LogP contribution in [0.4, 0.5) is 0 Å². The molecule has 0 unspecified atom stereocenters. The average molecular weight is 211 g/mol. The van der Waals surface area contributed by atoms with E-state index >= 15 is 0 Å². The van der Waals surface area contributed by atoms with Crippen molar-refractivity contribution in [3.63, 3.8) is 0 Å². The summed E-state index contributed by atoms with van der Waals surface area (Å²) in [6.07, 6.45) is 1.26. The maximum absolute atomic E-state index is 11.5. The Balaban J connectivity index is 2.25. The van der Waals surface area contributed by atoms with Crippen LogP contribution >= 0.6 is 0 Å². The number of carbonyl (C=O) groups is 2. The molecule has 1 heterocycles. The first kappa shape index (κ1) is 10.2. The molecule has 1 aliphatic rings. The molecule has 1 aliphatic heterocycles. The third-order valence-corrected chi connectivity index (χ3v) is 2.25. The second-order valence-corrected chi connectivity index (χ2v) is 3.38. The predicted octanol–water partition coefficient (Wildman–Crippen LogP) is 0.963. The summed E-state index contributed by atoms with van der Waals surface area (Å²) in [5.41, 5.74) is 1.06. The highest BCUT2D eigenvalue weighted by atomic mass is 16.2. The van der Waals surface area contributed by atoms with Crippen LogP contribution in [0.3, 0.4) is 0 Å². The Kier molecular flexibility index (Phi) is 2.57. The molecule has 2 amide bonds. The quantitative estimate of drug-likeness (QED) is 0.473. The smallest absolute Gasteiger partial charge is 0.269 e. The Morgan fingerprint density at radius 3 is 2.31 bits per heavy atom. The second-order valence-electron chi connectivity index (χ2n) is 3.38. The van der Waals surface area contributed by atoms with Gasteiger partial charge in [-0.1, -0.05) is 30.0 Å². The van der Waals surface area contributed by atoms with Crippen molar-refractivity contribution in [3.8, 4) is 11.8 Å². The highest BCUT2D eigenvalue weighted by molar-refractivity contribution is 6.18. The lowest BCUT2D eigenvalue weighted by Crippen LogP contribution is -2.25. The van der Waals surface area contributed by atoms with Gasteiger partial charge in [0, 0.05) is 18.7 Å². The topological polar surface area (TPSA) is 37.4 Å². The van der Waals surface area contributed by atoms with Crippen LogP contribution in [0.25, 0.3) is 0 Å². The van der Waals surface area contributed by atoms with Crippen molar-refractivity contribution in [1.82, 2.24) is 4.90 Å². The van der Waals surface area contributed by atoms with Gasteiger partial charge in [0.05, 0.1) is 5.57 Å². The molecule has 2 rings (SSSR count). The summed E-state index contributed by atoms with van der Waals surface area (Å²) in [5, 5.41) is 0. The van der Waals surface area contributed by atoms with E-state index in [9.17, 15) is 9.59 Å². The minimum Gasteiger partial charge on any atom is -0.277 e. The standard InChI is InChI=1S/C13H9NO2/c1-14-12(15)9-11(13(14)16)8-7-10-5-3-2-4-6-10/h2-6,9H,1H3. The van der Waals surface area contributed by atoms with E-state index in [1.807, 2.05) is 30.3 Å². The number of amides is 2. The zero-order valence-electron chi connectivity index (χ0n) is 8.73. The molecule has 0 aliphatic carbocycles. The van der Waals surface area contributed by atoms with Crippen LogP contribution in [0.5, 0.6) is 0 Å². The highest BCUT2D eigenvalue weighted by Crippen LogP contribution is 2.09. The summed E-state index contributed by atoms with van der Waals surface area (Å²) in [4.78, 5) is 23.7. The number of carbonyl (C=O) groups excluding carboxylic acids is 2. The lowest BCUT2D eigenvalue weighted by atomic mass is 10.2. The van der Waals surface area contributed by atoms with Crippen LogP contribution in [-0.4, -0.2) is 23.8 Å². The number of likely N-dealkylation sites (N-methyl/N-ethyl adjacent to an activating group) is 1. The highest BCUT2D eigenvalue weighted by Gasteiger charge is 2.26. The molecule has 1 aromatic rings. The Labute approximate surface area is 93.4 Å². The third kappa shape index (κ3) is 1.86. The molecule has 16 heavy (non-hydrogen) atoms. The monoisotopic (exact) mass is 211 g/mol. The molecule has 0 bridgehead atoms. The Bertz CT molecular complexity index is 532. The van der Waals surface area contributed by atoms with E-state index in [2.05, 4.69) is 11.8 Å². The van der Waals surface area contributed by atoms with Crippen LogP contribution in [-0.2, 0) is 9.59 Å². The molecule has 1 aromatic carbocycles. The molecule has 0 fully saturated rings. The summed E-state index contributed by atoms with van der Waals surface area (Å²) in [6.45, 7) is 0. The molecule has 3 nitrogen and oxygen atoms in total. The first-order chi connectivity index (χ1) is 7.68. The summed E-state index contributed by atoms with van der Waals surface area (Å²) in [6, 6.07) is 9.32. The van der Waals surface area contributed by atoms with Gasteiger partial charge in [0.25, 0.3) is 11.8 Å². The van der Waals surface area contributed by atoms with Crippen molar-refractivity contribution >= 4 is 11.8 Å². The molecule has 0 atom stereocenters. The number of hydrogen-bond donors (Lipinski definition) is 0. The van der Waals surface area contributed by atoms with Gasteiger partial charge in [-0.05, 0) is 12.1 Å². The fourth-order valence-electron chi connectivity index (χ4n) is 1.31. The zero-order valence-corrected chi connectivity index (χ0v) is 8.73. The third-order valence-electron chi connectivity index (χ3n) is 2.25. The van der Waals surface area contributed by atoms with E-state index in [4.69, 9.17) is 0 Å². The van der Waals surface area contributed by atoms with Gasteiger partial charge in [0.2, 0.25) is 0 Å². The lowest BCUT2D eigenvalue weighted by molar-refractivity contribution is -0.135. The fraction of sp³-hybridized carbons (Fsp3) is 0.0769. The normalized spacial score (nSPS) is 14.6. The van der Waals surface area contributed by atoms with E-state index in [0.29, 0.717) is 0 Å². The van der Waals surface area contributed by atoms with E-state index in [-0.39, 0.29) is 17.4 Å². The van der Waals surface area contributed by atoms with Crippen molar-refractivity contribution in [2.24, 2.45) is 0 Å². The van der Waals surface area contributed by atoms with Gasteiger partial charge >= 0.3 is 0 Å². The summed E-state index contributed by atoms with van der Waals surface area (Å²) in [5.74, 6) is 4.89. The Morgan fingerprint density at radius 1 is 1.06 bits per heavy atom. The van der Waals surface area contributed by atoms with E-state index in [0.717, 1.165) is 10.5 Å². The first-order valence-corrected chi connectivity index (χ1v) is 4.79. The van der Waals surface area contributed by atoms with Gasteiger partial charge in [-0.2, -0.15) is 0 Å². The Hall–Kier alpha value is -2.34. The van der Waals surface area contributed by atoms with Crippen molar-refractivity contribution < 1.29 is 9.59 Å². The fourth-order valence-corrected chi connectivity index (χ4v) is 1.31. The molecular formula is C13H9NO2. The van der Waals surface area contributed by atoms with Crippen LogP contribution in [0.1, 0.15) is 5.56 Å². The lowest BCUT2D eigenvalue weighted by Gasteiger charge is -2.03. The first-order valence-electron chi connectivity index (χ1n) is 4.79. The largest absolute Gasteiger partial charge is 0.277 e. The number of imide groups is 1. The van der Waals surface area contributed by atoms with E-state index in [1.54, 1.807) is 0 Å². The van der Waals surface area contributed by atoms with E-state index < -0.39 is 0 Å². The molecule has 0 saturated carbocycles. The van der Waals surface area contributed by atoms with Gasteiger partial charge in [-0.3, -0.25) is 14.5 Å². The number of hydrogen-bond acceptors (Lipinski definition) is 2.